The molecule has 1 aromatic heterocycles. The van der Waals surface area contributed by atoms with Crippen molar-refractivity contribution >= 4 is 62.7 Å². The number of nitrogens with one attached hydrogen (secondary N) is 1. The number of nitrogens with zero attached hydrogens (tertiary/aromatic N) is 3. The highest BCUT2D eigenvalue weighted by atomic mass is 32.2. The van der Waals surface area contributed by atoms with Crippen LogP contribution in [0.25, 0.3) is 6.08 Å². The zero-order valence-corrected chi connectivity index (χ0v) is 16.3. The van der Waals surface area contributed by atoms with Gasteiger partial charge in [-0.3, -0.25) is 19.8 Å². The standard InChI is InChI=1S/C16H14N4O3S3/c1-9-18-19-15(25-9)17-13(21)8-20-14(22)12(26-16(20)24)7-10-4-3-5-11(6-10)23-2/h3-7H,8H2,1-2H3,(H,17,19,21)/b12-7-. The Hall–Kier alpha value is -2.30. The van der Waals surface area contributed by atoms with Crippen molar-refractivity contribution < 1.29 is 14.3 Å². The summed E-state index contributed by atoms with van der Waals surface area (Å²) in [6, 6.07) is 7.33. The van der Waals surface area contributed by atoms with Gasteiger partial charge in [0.25, 0.3) is 5.91 Å². The second-order valence-electron chi connectivity index (χ2n) is 5.22. The molecule has 1 aromatic carbocycles. The summed E-state index contributed by atoms with van der Waals surface area (Å²) in [6.07, 6.45) is 1.73. The lowest BCUT2D eigenvalue weighted by atomic mass is 10.2. The molecule has 0 spiro atoms. The molecule has 26 heavy (non-hydrogen) atoms. The smallest absolute Gasteiger partial charge is 0.266 e. The largest absolute Gasteiger partial charge is 0.497 e. The molecule has 2 amide bonds. The predicted molar refractivity (Wildman–Crippen MR) is 106 cm³/mol. The minimum atomic E-state index is -0.375. The lowest BCUT2D eigenvalue weighted by molar-refractivity contribution is -0.126. The number of thioether (sulfide) groups is 1. The molecule has 0 saturated carbocycles. The van der Waals surface area contributed by atoms with Gasteiger partial charge < -0.3 is 4.74 Å². The summed E-state index contributed by atoms with van der Waals surface area (Å²) in [6.45, 7) is 1.62. The number of aryl methyl sites for hydroxylation is 1. The molecule has 1 fully saturated rings. The van der Waals surface area contributed by atoms with Crippen LogP contribution in [-0.4, -0.2) is 44.9 Å². The number of benzene rings is 1. The molecule has 10 heteroatoms. The third kappa shape index (κ3) is 4.26. The maximum Gasteiger partial charge on any atom is 0.266 e. The fourth-order valence-electron chi connectivity index (χ4n) is 2.17. The number of amides is 2. The Morgan fingerprint density at radius 1 is 1.42 bits per heavy atom. The molecule has 0 atom stereocenters. The third-order valence-electron chi connectivity index (χ3n) is 3.34. The predicted octanol–water partition coefficient (Wildman–Crippen LogP) is 2.70. The fourth-order valence-corrected chi connectivity index (χ4v) is 4.03. The molecule has 1 saturated heterocycles. The lowest BCUT2D eigenvalue weighted by Crippen LogP contribution is -2.36. The first-order valence-corrected chi connectivity index (χ1v) is 9.50. The molecule has 0 unspecified atom stereocenters. The van der Waals surface area contributed by atoms with Crippen molar-refractivity contribution in [1.29, 1.82) is 0 Å². The Morgan fingerprint density at radius 2 is 2.23 bits per heavy atom. The number of hydrogen-bond donors (Lipinski definition) is 1. The van der Waals surface area contributed by atoms with Gasteiger partial charge in [-0.15, -0.1) is 10.2 Å². The molecule has 1 aliphatic heterocycles. The summed E-state index contributed by atoms with van der Waals surface area (Å²) in [7, 11) is 1.58. The Labute approximate surface area is 163 Å². The van der Waals surface area contributed by atoms with Gasteiger partial charge in [0.15, 0.2) is 0 Å². The van der Waals surface area contributed by atoms with Crippen LogP contribution >= 0.6 is 35.3 Å². The zero-order chi connectivity index (χ0) is 18.7. The van der Waals surface area contributed by atoms with Crippen LogP contribution in [0.5, 0.6) is 5.75 Å². The van der Waals surface area contributed by atoms with E-state index in [0.717, 1.165) is 10.6 Å². The molecule has 0 bridgehead atoms. The van der Waals surface area contributed by atoms with E-state index in [1.54, 1.807) is 20.1 Å². The molecule has 2 heterocycles. The van der Waals surface area contributed by atoms with Gasteiger partial charge in [0.2, 0.25) is 11.0 Å². The van der Waals surface area contributed by atoms with Crippen molar-refractivity contribution in [1.82, 2.24) is 15.1 Å². The first-order chi connectivity index (χ1) is 12.5. The van der Waals surface area contributed by atoms with Crippen molar-refractivity contribution in [3.05, 3.63) is 39.7 Å². The monoisotopic (exact) mass is 406 g/mol. The van der Waals surface area contributed by atoms with Gasteiger partial charge >= 0.3 is 0 Å². The van der Waals surface area contributed by atoms with Crippen LogP contribution in [0.15, 0.2) is 29.2 Å². The van der Waals surface area contributed by atoms with E-state index in [0.29, 0.717) is 20.1 Å². The first kappa shape index (κ1) is 18.5. The summed E-state index contributed by atoms with van der Waals surface area (Å²) in [4.78, 5) is 26.5. The SMILES string of the molecule is COc1cccc(/C=C2\SC(=S)N(CC(=O)Nc3nnc(C)s3)C2=O)c1. The molecular formula is C16H14N4O3S3. The number of carbonyl (C=O) groups excluding carboxylic acids is 2. The maximum absolute atomic E-state index is 12.6. The van der Waals surface area contributed by atoms with Gasteiger partial charge in [0.1, 0.15) is 21.6 Å². The van der Waals surface area contributed by atoms with Crippen LogP contribution < -0.4 is 10.1 Å². The Morgan fingerprint density at radius 3 is 2.92 bits per heavy atom. The molecule has 3 rings (SSSR count). The Balaban J connectivity index is 1.70. The second kappa shape index (κ2) is 7.94. The zero-order valence-electron chi connectivity index (χ0n) is 13.9. The highest BCUT2D eigenvalue weighted by molar-refractivity contribution is 8.26. The van der Waals surface area contributed by atoms with Gasteiger partial charge in [-0.05, 0) is 30.7 Å². The highest BCUT2D eigenvalue weighted by Crippen LogP contribution is 2.32. The summed E-state index contributed by atoms with van der Waals surface area (Å²) >= 11 is 7.67. The van der Waals surface area contributed by atoms with Gasteiger partial charge in [-0.1, -0.05) is 47.4 Å². The van der Waals surface area contributed by atoms with Crippen LogP contribution in [0.2, 0.25) is 0 Å². The molecule has 1 N–H and O–H groups in total. The van der Waals surface area contributed by atoms with Gasteiger partial charge in [0, 0.05) is 0 Å². The number of carbonyl (C=O) groups is 2. The van der Waals surface area contributed by atoms with Crippen LogP contribution in [0.3, 0.4) is 0 Å². The minimum absolute atomic E-state index is 0.168. The van der Waals surface area contributed by atoms with Crippen LogP contribution in [0, 0.1) is 6.92 Å². The molecule has 2 aromatic rings. The fraction of sp³-hybridized carbons (Fsp3) is 0.188. The number of thiocarbonyl (C=S) groups is 1. The number of ether oxygens (including phenoxy) is 1. The summed E-state index contributed by atoms with van der Waals surface area (Å²) < 4.78 is 5.52. The molecule has 0 radical (unpaired) electrons. The van der Waals surface area contributed by atoms with Gasteiger partial charge in [0.05, 0.1) is 12.0 Å². The first-order valence-electron chi connectivity index (χ1n) is 7.45. The Bertz CT molecular complexity index is 910. The van der Waals surface area contributed by atoms with Gasteiger partial charge in [-0.25, -0.2) is 0 Å². The molecule has 7 nitrogen and oxygen atoms in total. The summed E-state index contributed by atoms with van der Waals surface area (Å²) in [5.74, 6) is 0.0208. The van der Waals surface area contributed by atoms with E-state index in [-0.39, 0.29) is 18.4 Å². The van der Waals surface area contributed by atoms with E-state index in [4.69, 9.17) is 17.0 Å². The van der Waals surface area contributed by atoms with Crippen molar-refractivity contribution in [2.75, 3.05) is 19.0 Å². The number of hydrogen-bond acceptors (Lipinski definition) is 8. The average Bonchev–Trinajstić information content (AvgIpc) is 3.13. The van der Waals surface area contributed by atoms with E-state index in [1.165, 1.54) is 28.0 Å². The lowest BCUT2D eigenvalue weighted by Gasteiger charge is -2.13. The highest BCUT2D eigenvalue weighted by Gasteiger charge is 2.33. The van der Waals surface area contributed by atoms with Crippen LogP contribution in [0.4, 0.5) is 5.13 Å². The third-order valence-corrected chi connectivity index (χ3v) is 5.47. The van der Waals surface area contributed by atoms with E-state index < -0.39 is 0 Å². The van der Waals surface area contributed by atoms with Crippen molar-refractivity contribution in [3.63, 3.8) is 0 Å². The van der Waals surface area contributed by atoms with E-state index in [1.807, 2.05) is 24.3 Å². The number of rotatable bonds is 5. The van der Waals surface area contributed by atoms with Crippen molar-refractivity contribution in [3.8, 4) is 5.75 Å². The quantitative estimate of drug-likeness (QED) is 0.604. The number of anilines is 1. The van der Waals surface area contributed by atoms with E-state index in [9.17, 15) is 9.59 Å². The molecule has 0 aliphatic carbocycles. The number of methoxy groups -OCH3 is 1. The summed E-state index contributed by atoms with van der Waals surface area (Å²) in [5, 5.41) is 11.4. The van der Waals surface area contributed by atoms with E-state index in [2.05, 4.69) is 15.5 Å². The summed E-state index contributed by atoms with van der Waals surface area (Å²) in [5.41, 5.74) is 0.818. The topological polar surface area (TPSA) is 84.4 Å². The number of aromatic nitrogens is 2. The second-order valence-corrected chi connectivity index (χ2v) is 8.08. The molecule has 134 valence electrons. The molecule has 1 aliphatic rings. The van der Waals surface area contributed by atoms with Crippen LogP contribution in [-0.2, 0) is 9.59 Å². The minimum Gasteiger partial charge on any atom is -0.497 e. The van der Waals surface area contributed by atoms with Crippen molar-refractivity contribution in [2.24, 2.45) is 0 Å². The normalized spacial score (nSPS) is 15.6. The Kier molecular flexibility index (Phi) is 5.64. The van der Waals surface area contributed by atoms with Crippen LogP contribution in [0.1, 0.15) is 10.6 Å². The van der Waals surface area contributed by atoms with E-state index >= 15 is 0 Å². The maximum atomic E-state index is 12.6. The molecular weight excluding hydrogens is 392 g/mol. The average molecular weight is 407 g/mol. The van der Waals surface area contributed by atoms with Crippen molar-refractivity contribution in [2.45, 2.75) is 6.92 Å². The van der Waals surface area contributed by atoms with Gasteiger partial charge in [-0.2, -0.15) is 0 Å².